The van der Waals surface area contributed by atoms with Crippen molar-refractivity contribution in [2.45, 2.75) is 45.4 Å². The van der Waals surface area contributed by atoms with Crippen LogP contribution in [0.2, 0.25) is 0 Å². The summed E-state index contributed by atoms with van der Waals surface area (Å²) in [6.07, 6.45) is 6.38. The second kappa shape index (κ2) is 4.68. The molecule has 0 aromatic carbocycles. The van der Waals surface area contributed by atoms with Gasteiger partial charge in [-0.3, -0.25) is 0 Å². The zero-order valence-electron chi connectivity index (χ0n) is 9.53. The van der Waals surface area contributed by atoms with Gasteiger partial charge >= 0.3 is 5.97 Å². The lowest BCUT2D eigenvalue weighted by atomic mass is 10.0. The predicted molar refractivity (Wildman–Crippen MR) is 58.5 cm³/mol. The van der Waals surface area contributed by atoms with E-state index in [4.69, 9.17) is 9.52 Å². The zero-order chi connectivity index (χ0) is 11.5. The van der Waals surface area contributed by atoms with E-state index in [1.54, 1.807) is 0 Å². The van der Waals surface area contributed by atoms with E-state index in [1.807, 2.05) is 6.92 Å². The Balaban J connectivity index is 2.12. The van der Waals surface area contributed by atoms with Crippen LogP contribution in [-0.4, -0.2) is 16.1 Å². The number of aryl methyl sites for hydroxylation is 1. The van der Waals surface area contributed by atoms with Gasteiger partial charge in [0.25, 0.3) is 0 Å². The molecule has 1 aromatic rings. The van der Waals surface area contributed by atoms with Crippen molar-refractivity contribution < 1.29 is 14.3 Å². The first-order chi connectivity index (χ1) is 7.70. The maximum absolute atomic E-state index is 10.9. The molecule has 2 rings (SSSR count). The molecule has 88 valence electrons. The molecule has 16 heavy (non-hydrogen) atoms. The van der Waals surface area contributed by atoms with Crippen LogP contribution in [0.3, 0.4) is 0 Å². The van der Waals surface area contributed by atoms with Crippen molar-refractivity contribution in [3.05, 3.63) is 17.3 Å². The number of hydrogen-bond acceptors (Lipinski definition) is 3. The molecule has 0 unspecified atom stereocenters. The second-order valence-corrected chi connectivity index (χ2v) is 4.40. The van der Waals surface area contributed by atoms with Crippen molar-refractivity contribution in [3.8, 4) is 0 Å². The smallest absolute Gasteiger partial charge is 0.373 e. The zero-order valence-corrected chi connectivity index (χ0v) is 9.53. The Morgan fingerprint density at radius 3 is 2.69 bits per heavy atom. The van der Waals surface area contributed by atoms with E-state index < -0.39 is 5.97 Å². The fraction of sp³-hybridized carbons (Fsp3) is 0.667. The Labute approximate surface area is 94.7 Å². The van der Waals surface area contributed by atoms with E-state index >= 15 is 0 Å². The summed E-state index contributed by atoms with van der Waals surface area (Å²) in [6, 6.07) is 0. The third-order valence-corrected chi connectivity index (χ3v) is 3.21. The van der Waals surface area contributed by atoms with E-state index in [0.29, 0.717) is 23.9 Å². The normalized spacial score (nSPS) is 16.8. The molecular formula is C12H17NO3. The average Bonchev–Trinajstić information content (AvgIpc) is 2.87. The number of nitrogens with zero attached hydrogens (tertiary/aromatic N) is 1. The fourth-order valence-electron chi connectivity index (χ4n) is 2.36. The van der Waals surface area contributed by atoms with E-state index in [0.717, 1.165) is 6.42 Å². The number of hydrogen-bond donors (Lipinski definition) is 1. The first-order valence-corrected chi connectivity index (χ1v) is 5.92. The molecule has 0 amide bonds. The molecule has 0 bridgehead atoms. The van der Waals surface area contributed by atoms with Gasteiger partial charge in [-0.15, -0.1) is 0 Å². The Hall–Kier alpha value is -1.32. The molecule has 0 spiro atoms. The lowest BCUT2D eigenvalue weighted by Gasteiger charge is -2.03. The van der Waals surface area contributed by atoms with E-state index in [2.05, 4.69) is 4.98 Å². The largest absolute Gasteiger partial charge is 0.475 e. The third-order valence-electron chi connectivity index (χ3n) is 3.21. The number of carbonyl (C=O) groups is 1. The second-order valence-electron chi connectivity index (χ2n) is 4.40. The molecule has 4 nitrogen and oxygen atoms in total. The summed E-state index contributed by atoms with van der Waals surface area (Å²) in [5.74, 6) is 0.240. The van der Waals surface area contributed by atoms with Crippen LogP contribution in [0.5, 0.6) is 0 Å². The van der Waals surface area contributed by atoms with Crippen LogP contribution in [-0.2, 0) is 12.8 Å². The summed E-state index contributed by atoms with van der Waals surface area (Å²) in [7, 11) is 0. The van der Waals surface area contributed by atoms with Gasteiger partial charge in [0.2, 0.25) is 5.76 Å². The standard InChI is InChI=1S/C12H17NO3/c1-2-9-11(12(14)15)16-10(13-9)7-8-5-3-4-6-8/h8H,2-7H2,1H3,(H,14,15). The molecule has 0 saturated heterocycles. The molecule has 4 heteroatoms. The Kier molecular flexibility index (Phi) is 3.27. The van der Waals surface area contributed by atoms with Gasteiger partial charge in [0.05, 0.1) is 5.69 Å². The summed E-state index contributed by atoms with van der Waals surface area (Å²) in [5.41, 5.74) is 0.570. The highest BCUT2D eigenvalue weighted by atomic mass is 16.4. The van der Waals surface area contributed by atoms with Gasteiger partial charge in [0.1, 0.15) is 0 Å². The van der Waals surface area contributed by atoms with Crippen LogP contribution in [0.25, 0.3) is 0 Å². The van der Waals surface area contributed by atoms with Crippen LogP contribution in [0.15, 0.2) is 4.42 Å². The van der Waals surface area contributed by atoms with Crippen molar-refractivity contribution in [2.75, 3.05) is 0 Å². The average molecular weight is 223 g/mol. The maximum Gasteiger partial charge on any atom is 0.373 e. The first-order valence-electron chi connectivity index (χ1n) is 5.92. The van der Waals surface area contributed by atoms with E-state index in [-0.39, 0.29) is 5.76 Å². The molecule has 0 aliphatic heterocycles. The molecule has 1 N–H and O–H groups in total. The molecule has 0 atom stereocenters. The summed E-state index contributed by atoms with van der Waals surface area (Å²) in [6.45, 7) is 1.89. The Morgan fingerprint density at radius 2 is 2.19 bits per heavy atom. The van der Waals surface area contributed by atoms with Crippen LogP contribution < -0.4 is 0 Å². The molecule has 1 saturated carbocycles. The number of carboxylic acid groups (broad SMARTS) is 1. The lowest BCUT2D eigenvalue weighted by molar-refractivity contribution is 0.0658. The highest BCUT2D eigenvalue weighted by Crippen LogP contribution is 2.28. The summed E-state index contributed by atoms with van der Waals surface area (Å²) in [4.78, 5) is 15.2. The van der Waals surface area contributed by atoms with Crippen LogP contribution in [0.1, 0.15) is 54.7 Å². The predicted octanol–water partition coefficient (Wildman–Crippen LogP) is 2.67. The van der Waals surface area contributed by atoms with Crippen LogP contribution >= 0.6 is 0 Å². The minimum atomic E-state index is -1.01. The summed E-state index contributed by atoms with van der Waals surface area (Å²) >= 11 is 0. The number of aromatic carboxylic acids is 1. The van der Waals surface area contributed by atoms with Crippen molar-refractivity contribution in [2.24, 2.45) is 5.92 Å². The van der Waals surface area contributed by atoms with Gasteiger partial charge < -0.3 is 9.52 Å². The molecule has 1 heterocycles. The highest BCUT2D eigenvalue weighted by Gasteiger charge is 2.22. The van der Waals surface area contributed by atoms with Crippen molar-refractivity contribution in [1.82, 2.24) is 4.98 Å². The van der Waals surface area contributed by atoms with Crippen LogP contribution in [0.4, 0.5) is 0 Å². The van der Waals surface area contributed by atoms with Gasteiger partial charge in [-0.25, -0.2) is 9.78 Å². The lowest BCUT2D eigenvalue weighted by Crippen LogP contribution is -1.98. The molecule has 1 aromatic heterocycles. The molecule has 1 aliphatic carbocycles. The van der Waals surface area contributed by atoms with E-state index in [1.165, 1.54) is 25.7 Å². The van der Waals surface area contributed by atoms with Crippen LogP contribution in [0, 0.1) is 5.92 Å². The Morgan fingerprint density at radius 1 is 1.50 bits per heavy atom. The number of carboxylic acids is 1. The minimum Gasteiger partial charge on any atom is -0.475 e. The maximum atomic E-state index is 10.9. The minimum absolute atomic E-state index is 0.0236. The topological polar surface area (TPSA) is 63.3 Å². The molecule has 0 radical (unpaired) electrons. The molecule has 1 fully saturated rings. The highest BCUT2D eigenvalue weighted by molar-refractivity contribution is 5.85. The van der Waals surface area contributed by atoms with Crippen molar-refractivity contribution in [1.29, 1.82) is 0 Å². The van der Waals surface area contributed by atoms with Crippen molar-refractivity contribution >= 4 is 5.97 Å². The number of rotatable bonds is 4. The first kappa shape index (κ1) is 11.2. The summed E-state index contributed by atoms with van der Waals surface area (Å²) < 4.78 is 5.32. The monoisotopic (exact) mass is 223 g/mol. The number of aromatic nitrogens is 1. The van der Waals surface area contributed by atoms with Gasteiger partial charge in [-0.2, -0.15) is 0 Å². The SMILES string of the molecule is CCc1nc(CC2CCCC2)oc1C(=O)O. The number of oxazole rings is 1. The van der Waals surface area contributed by atoms with Crippen molar-refractivity contribution in [3.63, 3.8) is 0 Å². The molecular weight excluding hydrogens is 206 g/mol. The van der Waals surface area contributed by atoms with Gasteiger partial charge in [0, 0.05) is 6.42 Å². The van der Waals surface area contributed by atoms with Gasteiger partial charge in [0.15, 0.2) is 5.89 Å². The molecule has 1 aliphatic rings. The quantitative estimate of drug-likeness (QED) is 0.852. The Bertz CT molecular complexity index is 378. The van der Waals surface area contributed by atoms with E-state index in [9.17, 15) is 4.79 Å². The summed E-state index contributed by atoms with van der Waals surface area (Å²) in [5, 5.41) is 8.94. The fourth-order valence-corrected chi connectivity index (χ4v) is 2.36. The van der Waals surface area contributed by atoms with Gasteiger partial charge in [-0.1, -0.05) is 19.8 Å². The third kappa shape index (κ3) is 2.26. The van der Waals surface area contributed by atoms with Gasteiger partial charge in [-0.05, 0) is 25.2 Å².